The van der Waals surface area contributed by atoms with Crippen LogP contribution in [0.2, 0.25) is 5.02 Å². The molecule has 0 bridgehead atoms. The highest BCUT2D eigenvalue weighted by Gasteiger charge is 2.17. The number of hydrogen-bond donors (Lipinski definition) is 1. The maximum Gasteiger partial charge on any atom is 0.0406 e. The average molecular weight is 238 g/mol. The molecule has 1 saturated carbocycles. The summed E-state index contributed by atoms with van der Waals surface area (Å²) in [4.78, 5) is 0. The third-order valence-electron chi connectivity index (χ3n) is 3.52. The van der Waals surface area contributed by atoms with E-state index in [4.69, 9.17) is 11.6 Å². The van der Waals surface area contributed by atoms with Crippen molar-refractivity contribution in [3.05, 3.63) is 34.9 Å². The van der Waals surface area contributed by atoms with Crippen LogP contribution in [0.1, 0.15) is 38.2 Å². The summed E-state index contributed by atoms with van der Waals surface area (Å²) in [5.41, 5.74) is 1.32. The summed E-state index contributed by atoms with van der Waals surface area (Å²) in [5, 5.41) is 4.45. The molecule has 0 aromatic heterocycles. The number of hydrogen-bond acceptors (Lipinski definition) is 1. The van der Waals surface area contributed by atoms with Gasteiger partial charge >= 0.3 is 0 Å². The van der Waals surface area contributed by atoms with Gasteiger partial charge in [0.05, 0.1) is 0 Å². The van der Waals surface area contributed by atoms with Crippen LogP contribution in [0.15, 0.2) is 24.3 Å². The maximum atomic E-state index is 5.86. The minimum atomic E-state index is 0.715. The van der Waals surface area contributed by atoms with Crippen LogP contribution in [-0.2, 0) is 6.54 Å². The molecule has 16 heavy (non-hydrogen) atoms. The Balaban J connectivity index is 1.77. The van der Waals surface area contributed by atoms with Crippen LogP contribution >= 0.6 is 11.6 Å². The summed E-state index contributed by atoms with van der Waals surface area (Å²) in [6.07, 6.45) is 5.40. The second kappa shape index (κ2) is 5.70. The molecule has 0 aliphatic heterocycles. The lowest BCUT2D eigenvalue weighted by molar-refractivity contribution is 0.306. The van der Waals surface area contributed by atoms with Crippen molar-refractivity contribution in [3.63, 3.8) is 0 Å². The molecule has 2 heteroatoms. The van der Waals surface area contributed by atoms with Crippen LogP contribution in [0.4, 0.5) is 0 Å². The standard InChI is InChI=1S/C14H20ClN/c1-11-2-8-14(9-3-11)16-10-12-4-6-13(15)7-5-12/h4-7,11,14,16H,2-3,8-10H2,1H3. The molecule has 1 N–H and O–H groups in total. The van der Waals surface area contributed by atoms with Crippen molar-refractivity contribution in [2.24, 2.45) is 5.92 Å². The molecule has 0 spiro atoms. The molecule has 1 nitrogen and oxygen atoms in total. The zero-order valence-electron chi connectivity index (χ0n) is 9.88. The van der Waals surface area contributed by atoms with E-state index in [1.54, 1.807) is 0 Å². The van der Waals surface area contributed by atoms with Gasteiger partial charge in [0.1, 0.15) is 0 Å². The van der Waals surface area contributed by atoms with Crippen LogP contribution in [0.5, 0.6) is 0 Å². The monoisotopic (exact) mass is 237 g/mol. The van der Waals surface area contributed by atoms with Gasteiger partial charge in [0, 0.05) is 17.6 Å². The summed E-state index contributed by atoms with van der Waals surface area (Å²) in [5.74, 6) is 0.925. The summed E-state index contributed by atoms with van der Waals surface area (Å²) in [6, 6.07) is 8.83. The number of benzene rings is 1. The van der Waals surface area contributed by atoms with E-state index in [1.165, 1.54) is 31.2 Å². The van der Waals surface area contributed by atoms with Gasteiger partial charge in [-0.2, -0.15) is 0 Å². The molecule has 0 saturated heterocycles. The Morgan fingerprint density at radius 1 is 1.12 bits per heavy atom. The van der Waals surface area contributed by atoms with Gasteiger partial charge in [-0.05, 0) is 49.3 Å². The van der Waals surface area contributed by atoms with E-state index in [-0.39, 0.29) is 0 Å². The molecule has 1 aromatic carbocycles. The van der Waals surface area contributed by atoms with Crippen molar-refractivity contribution in [2.45, 2.75) is 45.2 Å². The molecule has 88 valence electrons. The van der Waals surface area contributed by atoms with E-state index in [1.807, 2.05) is 12.1 Å². The van der Waals surface area contributed by atoms with E-state index in [0.717, 1.165) is 17.5 Å². The van der Waals surface area contributed by atoms with Gasteiger partial charge in [0.2, 0.25) is 0 Å². The van der Waals surface area contributed by atoms with E-state index >= 15 is 0 Å². The first-order valence-electron chi connectivity index (χ1n) is 6.22. The number of rotatable bonds is 3. The van der Waals surface area contributed by atoms with Gasteiger partial charge in [0.25, 0.3) is 0 Å². The molecular weight excluding hydrogens is 218 g/mol. The second-order valence-electron chi connectivity index (χ2n) is 4.96. The zero-order chi connectivity index (χ0) is 11.4. The molecule has 1 aromatic rings. The number of halogens is 1. The van der Waals surface area contributed by atoms with Gasteiger partial charge in [-0.15, -0.1) is 0 Å². The molecular formula is C14H20ClN. The molecule has 0 amide bonds. The Morgan fingerprint density at radius 3 is 2.38 bits per heavy atom. The fourth-order valence-electron chi connectivity index (χ4n) is 2.33. The van der Waals surface area contributed by atoms with Crippen molar-refractivity contribution in [2.75, 3.05) is 0 Å². The highest BCUT2D eigenvalue weighted by Crippen LogP contribution is 2.23. The first-order valence-corrected chi connectivity index (χ1v) is 6.59. The summed E-state index contributed by atoms with van der Waals surface area (Å²) in [6.45, 7) is 3.33. The van der Waals surface area contributed by atoms with Crippen LogP contribution in [0.3, 0.4) is 0 Å². The predicted octanol–water partition coefficient (Wildman–Crippen LogP) is 4.01. The Bertz CT molecular complexity index is 312. The van der Waals surface area contributed by atoms with Gasteiger partial charge in [0.15, 0.2) is 0 Å². The highest BCUT2D eigenvalue weighted by molar-refractivity contribution is 6.30. The third kappa shape index (κ3) is 3.50. The largest absolute Gasteiger partial charge is 0.310 e. The Hall–Kier alpha value is -0.530. The molecule has 0 radical (unpaired) electrons. The van der Waals surface area contributed by atoms with Gasteiger partial charge in [-0.25, -0.2) is 0 Å². The lowest BCUT2D eigenvalue weighted by Crippen LogP contribution is -2.32. The Labute approximate surface area is 103 Å². The molecule has 1 fully saturated rings. The van der Waals surface area contributed by atoms with E-state index in [0.29, 0.717) is 6.04 Å². The van der Waals surface area contributed by atoms with Gasteiger partial charge < -0.3 is 5.32 Å². The van der Waals surface area contributed by atoms with E-state index in [9.17, 15) is 0 Å². The predicted molar refractivity (Wildman–Crippen MR) is 69.7 cm³/mol. The lowest BCUT2D eigenvalue weighted by Gasteiger charge is -2.27. The fourth-order valence-corrected chi connectivity index (χ4v) is 2.45. The lowest BCUT2D eigenvalue weighted by atomic mass is 9.87. The minimum Gasteiger partial charge on any atom is -0.310 e. The van der Waals surface area contributed by atoms with Crippen molar-refractivity contribution in [1.82, 2.24) is 5.32 Å². The highest BCUT2D eigenvalue weighted by atomic mass is 35.5. The zero-order valence-corrected chi connectivity index (χ0v) is 10.6. The first-order chi connectivity index (χ1) is 7.74. The Morgan fingerprint density at radius 2 is 1.75 bits per heavy atom. The van der Waals surface area contributed by atoms with Crippen LogP contribution in [0, 0.1) is 5.92 Å². The summed E-state index contributed by atoms with van der Waals surface area (Å²) < 4.78 is 0. The summed E-state index contributed by atoms with van der Waals surface area (Å²) >= 11 is 5.86. The smallest absolute Gasteiger partial charge is 0.0406 e. The van der Waals surface area contributed by atoms with Crippen LogP contribution in [0.25, 0.3) is 0 Å². The summed E-state index contributed by atoms with van der Waals surface area (Å²) in [7, 11) is 0. The molecule has 1 aliphatic carbocycles. The molecule has 0 heterocycles. The van der Waals surface area contributed by atoms with Crippen molar-refractivity contribution in [3.8, 4) is 0 Å². The molecule has 2 rings (SSSR count). The Kier molecular flexibility index (Phi) is 4.25. The van der Waals surface area contributed by atoms with Crippen LogP contribution in [-0.4, -0.2) is 6.04 Å². The van der Waals surface area contributed by atoms with Crippen molar-refractivity contribution < 1.29 is 0 Å². The van der Waals surface area contributed by atoms with Crippen LogP contribution < -0.4 is 5.32 Å². The molecule has 1 aliphatic rings. The van der Waals surface area contributed by atoms with Crippen molar-refractivity contribution in [1.29, 1.82) is 0 Å². The fraction of sp³-hybridized carbons (Fsp3) is 0.571. The van der Waals surface area contributed by atoms with E-state index < -0.39 is 0 Å². The second-order valence-corrected chi connectivity index (χ2v) is 5.40. The average Bonchev–Trinajstić information content (AvgIpc) is 2.30. The van der Waals surface area contributed by atoms with Crippen molar-refractivity contribution >= 4 is 11.6 Å². The normalized spacial score (nSPS) is 25.6. The first kappa shape index (κ1) is 11.9. The van der Waals surface area contributed by atoms with E-state index in [2.05, 4.69) is 24.4 Å². The maximum absolute atomic E-state index is 5.86. The third-order valence-corrected chi connectivity index (χ3v) is 3.78. The topological polar surface area (TPSA) is 12.0 Å². The van der Waals surface area contributed by atoms with Gasteiger partial charge in [-0.3, -0.25) is 0 Å². The SMILES string of the molecule is CC1CCC(NCc2ccc(Cl)cc2)CC1. The molecule has 0 unspecified atom stereocenters. The quantitative estimate of drug-likeness (QED) is 0.838. The molecule has 0 atom stereocenters. The number of nitrogens with one attached hydrogen (secondary N) is 1. The van der Waals surface area contributed by atoms with Gasteiger partial charge in [-0.1, -0.05) is 30.7 Å². The minimum absolute atomic E-state index is 0.715.